The van der Waals surface area contributed by atoms with Crippen molar-refractivity contribution in [3.05, 3.63) is 11.7 Å². The number of nitrogens with zero attached hydrogens (tertiary/aromatic N) is 2. The Balaban J connectivity index is 2.56. The summed E-state index contributed by atoms with van der Waals surface area (Å²) in [4.78, 5) is 4.20. The second-order valence-electron chi connectivity index (χ2n) is 3.84. The first-order valence-corrected chi connectivity index (χ1v) is 5.29. The van der Waals surface area contributed by atoms with Crippen molar-refractivity contribution in [1.29, 1.82) is 0 Å². The van der Waals surface area contributed by atoms with Crippen LogP contribution in [0.5, 0.6) is 0 Å². The van der Waals surface area contributed by atoms with Crippen molar-refractivity contribution in [1.82, 2.24) is 10.1 Å². The SMILES string of the molecule is CCCOCc1nc(C(C)(N)CC)no1. The van der Waals surface area contributed by atoms with Gasteiger partial charge >= 0.3 is 0 Å². The number of hydrogen-bond acceptors (Lipinski definition) is 5. The summed E-state index contributed by atoms with van der Waals surface area (Å²) in [6.07, 6.45) is 1.74. The van der Waals surface area contributed by atoms with Crippen molar-refractivity contribution in [2.24, 2.45) is 5.73 Å². The molecule has 5 nitrogen and oxygen atoms in total. The van der Waals surface area contributed by atoms with E-state index in [1.807, 2.05) is 20.8 Å². The Morgan fingerprint density at radius 1 is 1.47 bits per heavy atom. The average molecular weight is 213 g/mol. The van der Waals surface area contributed by atoms with Gasteiger partial charge in [-0.3, -0.25) is 0 Å². The monoisotopic (exact) mass is 213 g/mol. The third kappa shape index (κ3) is 3.28. The molecule has 1 aromatic heterocycles. The molecule has 1 unspecified atom stereocenters. The Kier molecular flexibility index (Phi) is 4.23. The Labute approximate surface area is 90.0 Å². The molecule has 2 N–H and O–H groups in total. The van der Waals surface area contributed by atoms with E-state index in [0.717, 1.165) is 12.8 Å². The van der Waals surface area contributed by atoms with Crippen LogP contribution in [0.15, 0.2) is 4.52 Å². The molecule has 0 fully saturated rings. The molecule has 0 saturated heterocycles. The van der Waals surface area contributed by atoms with Gasteiger partial charge in [0.2, 0.25) is 0 Å². The Hall–Kier alpha value is -0.940. The van der Waals surface area contributed by atoms with E-state index >= 15 is 0 Å². The van der Waals surface area contributed by atoms with Gasteiger partial charge < -0.3 is 15.0 Å². The predicted molar refractivity (Wildman–Crippen MR) is 56.1 cm³/mol. The summed E-state index contributed by atoms with van der Waals surface area (Å²) in [6.45, 7) is 6.98. The third-order valence-electron chi connectivity index (χ3n) is 2.29. The maximum absolute atomic E-state index is 5.98. The van der Waals surface area contributed by atoms with Gasteiger partial charge in [-0.25, -0.2) is 0 Å². The molecule has 15 heavy (non-hydrogen) atoms. The van der Waals surface area contributed by atoms with Gasteiger partial charge in [-0.1, -0.05) is 19.0 Å². The fourth-order valence-electron chi connectivity index (χ4n) is 1.01. The molecule has 0 radical (unpaired) electrons. The van der Waals surface area contributed by atoms with Crippen LogP contribution in [0.1, 0.15) is 45.3 Å². The van der Waals surface area contributed by atoms with E-state index < -0.39 is 5.54 Å². The second-order valence-corrected chi connectivity index (χ2v) is 3.84. The van der Waals surface area contributed by atoms with Crippen LogP contribution in [0.2, 0.25) is 0 Å². The van der Waals surface area contributed by atoms with Gasteiger partial charge in [0.25, 0.3) is 5.89 Å². The summed E-state index contributed by atoms with van der Waals surface area (Å²) in [7, 11) is 0. The zero-order valence-corrected chi connectivity index (χ0v) is 9.62. The van der Waals surface area contributed by atoms with Crippen molar-refractivity contribution >= 4 is 0 Å². The van der Waals surface area contributed by atoms with E-state index in [9.17, 15) is 0 Å². The highest BCUT2D eigenvalue weighted by atomic mass is 16.5. The molecule has 1 rings (SSSR count). The Morgan fingerprint density at radius 2 is 2.20 bits per heavy atom. The minimum atomic E-state index is -0.521. The lowest BCUT2D eigenvalue weighted by Crippen LogP contribution is -2.33. The van der Waals surface area contributed by atoms with Crippen molar-refractivity contribution < 1.29 is 9.26 Å². The molecule has 0 bridgehead atoms. The molecule has 0 aromatic carbocycles. The first-order valence-electron chi connectivity index (χ1n) is 5.29. The highest BCUT2D eigenvalue weighted by Crippen LogP contribution is 2.17. The molecule has 0 spiro atoms. The van der Waals surface area contributed by atoms with E-state index in [2.05, 4.69) is 10.1 Å². The van der Waals surface area contributed by atoms with Crippen molar-refractivity contribution in [2.45, 2.75) is 45.8 Å². The van der Waals surface area contributed by atoms with Gasteiger partial charge in [0.1, 0.15) is 6.61 Å². The van der Waals surface area contributed by atoms with Crippen LogP contribution < -0.4 is 5.73 Å². The van der Waals surface area contributed by atoms with E-state index in [4.69, 9.17) is 15.0 Å². The minimum absolute atomic E-state index is 0.362. The summed E-state index contributed by atoms with van der Waals surface area (Å²) in [5, 5.41) is 3.85. The highest BCUT2D eigenvalue weighted by molar-refractivity contribution is 5.00. The molecule has 0 amide bonds. The third-order valence-corrected chi connectivity index (χ3v) is 2.29. The molecule has 0 saturated carbocycles. The molecular weight excluding hydrogens is 194 g/mol. The fraction of sp³-hybridized carbons (Fsp3) is 0.800. The average Bonchev–Trinajstić information content (AvgIpc) is 2.68. The number of rotatable bonds is 6. The predicted octanol–water partition coefficient (Wildman–Crippen LogP) is 1.58. The number of ether oxygens (including phenoxy) is 1. The maximum Gasteiger partial charge on any atom is 0.252 e. The lowest BCUT2D eigenvalue weighted by molar-refractivity contribution is 0.0981. The molecule has 86 valence electrons. The van der Waals surface area contributed by atoms with E-state index in [0.29, 0.717) is 24.9 Å². The smallest absolute Gasteiger partial charge is 0.252 e. The molecule has 0 aliphatic carbocycles. The van der Waals surface area contributed by atoms with Crippen LogP contribution in [-0.4, -0.2) is 16.7 Å². The molecule has 1 atom stereocenters. The summed E-state index contributed by atoms with van der Waals surface area (Å²) in [5.41, 5.74) is 5.46. The first kappa shape index (κ1) is 12.1. The molecule has 1 aromatic rings. The maximum atomic E-state index is 5.98. The van der Waals surface area contributed by atoms with Crippen LogP contribution in [0, 0.1) is 0 Å². The van der Waals surface area contributed by atoms with Crippen LogP contribution in [-0.2, 0) is 16.9 Å². The Morgan fingerprint density at radius 3 is 2.80 bits per heavy atom. The molecule has 1 heterocycles. The van der Waals surface area contributed by atoms with Crippen molar-refractivity contribution in [2.75, 3.05) is 6.61 Å². The van der Waals surface area contributed by atoms with Crippen molar-refractivity contribution in [3.8, 4) is 0 Å². The highest BCUT2D eigenvalue weighted by Gasteiger charge is 2.25. The van der Waals surface area contributed by atoms with Gasteiger partial charge in [-0.15, -0.1) is 0 Å². The van der Waals surface area contributed by atoms with Gasteiger partial charge in [0.15, 0.2) is 5.82 Å². The summed E-state index contributed by atoms with van der Waals surface area (Å²) < 4.78 is 10.3. The van der Waals surface area contributed by atoms with Crippen LogP contribution in [0.25, 0.3) is 0 Å². The summed E-state index contributed by atoms with van der Waals surface area (Å²) in [6, 6.07) is 0. The van der Waals surface area contributed by atoms with Crippen LogP contribution >= 0.6 is 0 Å². The largest absolute Gasteiger partial charge is 0.372 e. The lowest BCUT2D eigenvalue weighted by atomic mass is 10.0. The number of nitrogens with two attached hydrogens (primary N) is 1. The van der Waals surface area contributed by atoms with Crippen LogP contribution in [0.4, 0.5) is 0 Å². The standard InChI is InChI=1S/C10H19N3O2/c1-4-6-14-7-8-12-9(13-15-8)10(3,11)5-2/h4-7,11H2,1-3H3. The summed E-state index contributed by atoms with van der Waals surface area (Å²) >= 11 is 0. The zero-order valence-electron chi connectivity index (χ0n) is 9.62. The van der Waals surface area contributed by atoms with Gasteiger partial charge in [-0.2, -0.15) is 4.98 Å². The number of aromatic nitrogens is 2. The van der Waals surface area contributed by atoms with Gasteiger partial charge in [-0.05, 0) is 19.8 Å². The second kappa shape index (κ2) is 5.23. The molecule has 0 aliphatic heterocycles. The lowest BCUT2D eigenvalue weighted by Gasteiger charge is -2.16. The quantitative estimate of drug-likeness (QED) is 0.726. The van der Waals surface area contributed by atoms with E-state index in [1.54, 1.807) is 0 Å². The molecule has 0 aliphatic rings. The van der Waals surface area contributed by atoms with Crippen LogP contribution in [0.3, 0.4) is 0 Å². The molecule has 5 heteroatoms. The normalized spacial score (nSPS) is 15.2. The zero-order chi connectivity index (χ0) is 11.3. The number of hydrogen-bond donors (Lipinski definition) is 1. The van der Waals surface area contributed by atoms with E-state index in [1.165, 1.54) is 0 Å². The van der Waals surface area contributed by atoms with Gasteiger partial charge in [0.05, 0.1) is 5.54 Å². The molecular formula is C10H19N3O2. The Bertz CT molecular complexity index is 297. The first-order chi connectivity index (χ1) is 7.10. The fourth-order valence-corrected chi connectivity index (χ4v) is 1.01. The van der Waals surface area contributed by atoms with Gasteiger partial charge in [0, 0.05) is 6.61 Å². The minimum Gasteiger partial charge on any atom is -0.372 e. The topological polar surface area (TPSA) is 74.2 Å². The summed E-state index contributed by atoms with van der Waals surface area (Å²) in [5.74, 6) is 1.03. The van der Waals surface area contributed by atoms with Crippen molar-refractivity contribution in [3.63, 3.8) is 0 Å². The van der Waals surface area contributed by atoms with E-state index in [-0.39, 0.29) is 0 Å².